The van der Waals surface area contributed by atoms with Gasteiger partial charge in [-0.05, 0) is 56.5 Å². The summed E-state index contributed by atoms with van der Waals surface area (Å²) in [4.78, 5) is 4.41. The van der Waals surface area contributed by atoms with Gasteiger partial charge in [-0.1, -0.05) is 35.0 Å². The molecule has 0 fully saturated rings. The van der Waals surface area contributed by atoms with E-state index in [1.165, 1.54) is 11.1 Å². The normalized spacial score (nSPS) is 10.8. The zero-order valence-electron chi connectivity index (χ0n) is 13.9. The van der Waals surface area contributed by atoms with Crippen molar-refractivity contribution in [2.24, 2.45) is 0 Å². The van der Waals surface area contributed by atoms with Crippen molar-refractivity contribution in [2.75, 3.05) is 0 Å². The lowest BCUT2D eigenvalue weighted by Gasteiger charge is -2.10. The van der Waals surface area contributed by atoms with E-state index in [0.717, 1.165) is 22.4 Å². The third-order valence-electron chi connectivity index (χ3n) is 3.86. The van der Waals surface area contributed by atoms with Crippen LogP contribution in [0.2, 0.25) is 0 Å². The van der Waals surface area contributed by atoms with Gasteiger partial charge in [0.15, 0.2) is 6.61 Å². The van der Waals surface area contributed by atoms with Crippen molar-refractivity contribution in [3.05, 3.63) is 64.5 Å². The summed E-state index contributed by atoms with van der Waals surface area (Å²) in [5, 5.41) is 4.03. The lowest BCUT2D eigenvalue weighted by atomic mass is 10.1. The van der Waals surface area contributed by atoms with Crippen molar-refractivity contribution in [1.82, 2.24) is 10.1 Å². The van der Waals surface area contributed by atoms with Crippen LogP contribution in [0.5, 0.6) is 5.75 Å². The Kier molecular flexibility index (Phi) is 4.15. The Morgan fingerprint density at radius 1 is 1.00 bits per heavy atom. The van der Waals surface area contributed by atoms with Crippen LogP contribution in [0.3, 0.4) is 0 Å². The topological polar surface area (TPSA) is 48.2 Å². The molecule has 3 aromatic rings. The molecule has 0 unspecified atom stereocenters. The van der Waals surface area contributed by atoms with Gasteiger partial charge in [0.2, 0.25) is 5.82 Å². The molecule has 0 bridgehead atoms. The van der Waals surface area contributed by atoms with E-state index in [0.29, 0.717) is 11.7 Å². The van der Waals surface area contributed by atoms with Crippen molar-refractivity contribution in [3.8, 4) is 17.1 Å². The molecule has 0 radical (unpaired) electrons. The van der Waals surface area contributed by atoms with Crippen LogP contribution in [0, 0.1) is 27.7 Å². The average Bonchev–Trinajstić information content (AvgIpc) is 2.98. The first kappa shape index (κ1) is 15.3. The molecule has 4 nitrogen and oxygen atoms in total. The fraction of sp³-hybridized carbons (Fsp3) is 0.263. The van der Waals surface area contributed by atoms with Gasteiger partial charge in [-0.25, -0.2) is 0 Å². The molecule has 118 valence electrons. The molecule has 23 heavy (non-hydrogen) atoms. The van der Waals surface area contributed by atoms with E-state index >= 15 is 0 Å². The van der Waals surface area contributed by atoms with E-state index in [4.69, 9.17) is 9.26 Å². The summed E-state index contributed by atoms with van der Waals surface area (Å²) in [6.45, 7) is 8.49. The van der Waals surface area contributed by atoms with E-state index < -0.39 is 0 Å². The molecule has 0 aliphatic heterocycles. The van der Waals surface area contributed by atoms with Crippen LogP contribution in [0.25, 0.3) is 11.4 Å². The first-order valence-corrected chi connectivity index (χ1v) is 7.63. The zero-order chi connectivity index (χ0) is 16.4. The van der Waals surface area contributed by atoms with Gasteiger partial charge in [0, 0.05) is 5.56 Å². The third kappa shape index (κ3) is 3.42. The van der Waals surface area contributed by atoms with Gasteiger partial charge in [0.1, 0.15) is 5.75 Å². The molecule has 0 aliphatic carbocycles. The highest BCUT2D eigenvalue weighted by Gasteiger charge is 2.11. The molecule has 0 spiro atoms. The van der Waals surface area contributed by atoms with Crippen LogP contribution in [0.1, 0.15) is 28.1 Å². The number of hydrogen-bond acceptors (Lipinski definition) is 4. The number of aromatic nitrogens is 2. The van der Waals surface area contributed by atoms with Crippen LogP contribution < -0.4 is 4.74 Å². The Bertz CT molecular complexity index is 837. The summed E-state index contributed by atoms with van der Waals surface area (Å²) in [6, 6.07) is 12.2. The van der Waals surface area contributed by atoms with Crippen molar-refractivity contribution >= 4 is 0 Å². The summed E-state index contributed by atoms with van der Waals surface area (Å²) in [7, 11) is 0. The standard InChI is InChI=1S/C19H20N2O2/c1-12-6-5-7-16(9-12)19-20-18(23-21-19)11-22-17-10-13(2)8-14(3)15(17)4/h5-10H,11H2,1-4H3. The Balaban J connectivity index is 1.75. The lowest BCUT2D eigenvalue weighted by Crippen LogP contribution is -1.99. The molecular formula is C19H20N2O2. The van der Waals surface area contributed by atoms with E-state index in [1.54, 1.807) is 0 Å². The molecular weight excluding hydrogens is 288 g/mol. The van der Waals surface area contributed by atoms with Gasteiger partial charge in [-0.2, -0.15) is 4.98 Å². The number of benzene rings is 2. The quantitative estimate of drug-likeness (QED) is 0.709. The van der Waals surface area contributed by atoms with Crippen LogP contribution in [-0.2, 0) is 6.61 Å². The number of ether oxygens (including phenoxy) is 1. The van der Waals surface area contributed by atoms with Gasteiger partial charge in [0.25, 0.3) is 5.89 Å². The van der Waals surface area contributed by atoms with Crippen molar-refractivity contribution in [1.29, 1.82) is 0 Å². The van der Waals surface area contributed by atoms with Crippen LogP contribution in [0.15, 0.2) is 40.9 Å². The van der Waals surface area contributed by atoms with E-state index in [1.807, 2.05) is 37.3 Å². The van der Waals surface area contributed by atoms with Gasteiger partial charge in [-0.15, -0.1) is 0 Å². The summed E-state index contributed by atoms with van der Waals surface area (Å²) in [6.07, 6.45) is 0. The van der Waals surface area contributed by atoms with E-state index in [-0.39, 0.29) is 6.61 Å². The highest BCUT2D eigenvalue weighted by molar-refractivity contribution is 5.55. The highest BCUT2D eigenvalue weighted by atomic mass is 16.5. The number of nitrogens with zero attached hydrogens (tertiary/aromatic N) is 2. The van der Waals surface area contributed by atoms with E-state index in [2.05, 4.69) is 37.0 Å². The average molecular weight is 308 g/mol. The van der Waals surface area contributed by atoms with Gasteiger partial charge < -0.3 is 9.26 Å². The van der Waals surface area contributed by atoms with Crippen LogP contribution in [0.4, 0.5) is 0 Å². The maximum absolute atomic E-state index is 5.86. The summed E-state index contributed by atoms with van der Waals surface area (Å²) in [5.41, 5.74) is 5.63. The summed E-state index contributed by atoms with van der Waals surface area (Å²) >= 11 is 0. The molecule has 0 aliphatic rings. The molecule has 2 aromatic carbocycles. The molecule has 4 heteroatoms. The number of rotatable bonds is 4. The largest absolute Gasteiger partial charge is 0.483 e. The Morgan fingerprint density at radius 2 is 1.83 bits per heavy atom. The minimum absolute atomic E-state index is 0.266. The molecule has 0 N–H and O–H groups in total. The lowest BCUT2D eigenvalue weighted by molar-refractivity contribution is 0.241. The van der Waals surface area contributed by atoms with E-state index in [9.17, 15) is 0 Å². The highest BCUT2D eigenvalue weighted by Crippen LogP contribution is 2.24. The molecule has 1 heterocycles. The first-order valence-electron chi connectivity index (χ1n) is 7.63. The molecule has 0 atom stereocenters. The van der Waals surface area contributed by atoms with Gasteiger partial charge in [0.05, 0.1) is 0 Å². The fourth-order valence-corrected chi connectivity index (χ4v) is 2.51. The van der Waals surface area contributed by atoms with Crippen molar-refractivity contribution in [2.45, 2.75) is 34.3 Å². The monoisotopic (exact) mass is 308 g/mol. The third-order valence-corrected chi connectivity index (χ3v) is 3.86. The predicted molar refractivity (Wildman–Crippen MR) is 89.5 cm³/mol. The van der Waals surface area contributed by atoms with Gasteiger partial charge in [-0.3, -0.25) is 0 Å². The molecule has 0 saturated carbocycles. The fourth-order valence-electron chi connectivity index (χ4n) is 2.51. The number of hydrogen-bond donors (Lipinski definition) is 0. The molecule has 1 aromatic heterocycles. The molecule has 3 rings (SSSR count). The van der Waals surface area contributed by atoms with Gasteiger partial charge >= 0.3 is 0 Å². The maximum Gasteiger partial charge on any atom is 0.264 e. The Labute approximate surface area is 136 Å². The second-order valence-corrected chi connectivity index (χ2v) is 5.87. The smallest absolute Gasteiger partial charge is 0.264 e. The Hall–Kier alpha value is -2.62. The summed E-state index contributed by atoms with van der Waals surface area (Å²) < 4.78 is 11.2. The minimum atomic E-state index is 0.266. The molecule has 0 amide bonds. The zero-order valence-corrected chi connectivity index (χ0v) is 13.9. The summed E-state index contributed by atoms with van der Waals surface area (Å²) in [5.74, 6) is 1.92. The first-order chi connectivity index (χ1) is 11.0. The SMILES string of the molecule is Cc1cccc(-c2noc(COc3cc(C)cc(C)c3C)n2)c1. The predicted octanol–water partition coefficient (Wildman–Crippen LogP) is 4.55. The maximum atomic E-state index is 5.86. The molecule has 0 saturated heterocycles. The van der Waals surface area contributed by atoms with Crippen LogP contribution >= 0.6 is 0 Å². The Morgan fingerprint density at radius 3 is 2.61 bits per heavy atom. The minimum Gasteiger partial charge on any atom is -0.483 e. The van der Waals surface area contributed by atoms with Crippen molar-refractivity contribution in [3.63, 3.8) is 0 Å². The number of aryl methyl sites for hydroxylation is 3. The second kappa shape index (κ2) is 6.24. The van der Waals surface area contributed by atoms with Crippen LogP contribution in [-0.4, -0.2) is 10.1 Å². The second-order valence-electron chi connectivity index (χ2n) is 5.87. The van der Waals surface area contributed by atoms with Crippen molar-refractivity contribution < 1.29 is 9.26 Å².